The van der Waals surface area contributed by atoms with Crippen LogP contribution in [0.4, 0.5) is 5.13 Å². The first-order chi connectivity index (χ1) is 9.51. The highest BCUT2D eigenvalue weighted by Crippen LogP contribution is 2.16. The smallest absolute Gasteiger partial charge is 0.305 e. The minimum atomic E-state index is -0.249. The van der Waals surface area contributed by atoms with Crippen LogP contribution < -0.4 is 10.6 Å². The van der Waals surface area contributed by atoms with Gasteiger partial charge in [0.1, 0.15) is 0 Å². The number of esters is 1. The summed E-state index contributed by atoms with van der Waals surface area (Å²) in [5.41, 5.74) is 0.825. The van der Waals surface area contributed by atoms with Gasteiger partial charge in [-0.2, -0.15) is 0 Å². The van der Waals surface area contributed by atoms with Crippen LogP contribution in [-0.4, -0.2) is 37.1 Å². The van der Waals surface area contributed by atoms with Crippen molar-refractivity contribution in [3.63, 3.8) is 0 Å². The Morgan fingerprint density at radius 1 is 1.45 bits per heavy atom. The van der Waals surface area contributed by atoms with E-state index in [0.717, 1.165) is 5.69 Å². The van der Waals surface area contributed by atoms with E-state index in [1.807, 2.05) is 19.2 Å². The molecule has 0 saturated carbocycles. The predicted molar refractivity (Wildman–Crippen MR) is 78.8 cm³/mol. The van der Waals surface area contributed by atoms with Crippen LogP contribution in [0.3, 0.4) is 0 Å². The average Bonchev–Trinajstić information content (AvgIpc) is 2.88. The van der Waals surface area contributed by atoms with Crippen molar-refractivity contribution in [2.45, 2.75) is 26.7 Å². The van der Waals surface area contributed by atoms with E-state index < -0.39 is 0 Å². The lowest BCUT2D eigenvalue weighted by Gasteiger charge is -2.07. The number of amides is 1. The zero-order valence-electron chi connectivity index (χ0n) is 12.1. The standard InChI is InChI=1S/C13H21N3O3S/c1-9(2)6-14-11(17)7-15-13-16-10(8-20-13)4-5-12(18)19-3/h8-9H,4-7H2,1-3H3,(H,14,17)(H,15,16). The number of rotatable bonds is 8. The Morgan fingerprint density at radius 3 is 2.85 bits per heavy atom. The lowest BCUT2D eigenvalue weighted by Crippen LogP contribution is -2.32. The maximum absolute atomic E-state index is 11.5. The molecule has 0 fully saturated rings. The number of thiazole rings is 1. The molecule has 0 spiro atoms. The number of carbonyl (C=O) groups is 2. The highest BCUT2D eigenvalue weighted by atomic mass is 32.1. The molecule has 7 heteroatoms. The van der Waals surface area contributed by atoms with E-state index in [2.05, 4.69) is 20.4 Å². The topological polar surface area (TPSA) is 80.3 Å². The van der Waals surface area contributed by atoms with E-state index in [9.17, 15) is 9.59 Å². The molecule has 1 rings (SSSR count). The molecule has 0 radical (unpaired) electrons. The quantitative estimate of drug-likeness (QED) is 0.710. The fraction of sp³-hybridized carbons (Fsp3) is 0.615. The molecule has 1 amide bonds. The molecule has 20 heavy (non-hydrogen) atoms. The number of methoxy groups -OCH3 is 1. The summed E-state index contributed by atoms with van der Waals surface area (Å²) in [6.45, 7) is 4.96. The van der Waals surface area contributed by atoms with Crippen LogP contribution in [0.25, 0.3) is 0 Å². The Balaban J connectivity index is 2.29. The van der Waals surface area contributed by atoms with E-state index >= 15 is 0 Å². The Hall–Kier alpha value is -1.63. The van der Waals surface area contributed by atoms with Gasteiger partial charge >= 0.3 is 5.97 Å². The number of aryl methyl sites for hydroxylation is 1. The van der Waals surface area contributed by atoms with E-state index in [0.29, 0.717) is 30.4 Å². The molecule has 112 valence electrons. The summed E-state index contributed by atoms with van der Waals surface area (Å²) in [6.07, 6.45) is 0.860. The average molecular weight is 299 g/mol. The lowest BCUT2D eigenvalue weighted by molar-refractivity contribution is -0.140. The molecular weight excluding hydrogens is 278 g/mol. The molecule has 1 aromatic rings. The van der Waals surface area contributed by atoms with Crippen LogP contribution in [0, 0.1) is 5.92 Å². The van der Waals surface area contributed by atoms with Crippen LogP contribution >= 0.6 is 11.3 Å². The monoisotopic (exact) mass is 299 g/mol. The van der Waals surface area contributed by atoms with Gasteiger partial charge in [-0.15, -0.1) is 11.3 Å². The largest absolute Gasteiger partial charge is 0.469 e. The minimum absolute atomic E-state index is 0.0509. The molecule has 1 aromatic heterocycles. The van der Waals surface area contributed by atoms with Crippen molar-refractivity contribution in [1.82, 2.24) is 10.3 Å². The molecule has 0 saturated heterocycles. The highest BCUT2D eigenvalue weighted by Gasteiger charge is 2.07. The van der Waals surface area contributed by atoms with Crippen molar-refractivity contribution in [1.29, 1.82) is 0 Å². The Bertz CT molecular complexity index is 446. The summed E-state index contributed by atoms with van der Waals surface area (Å²) >= 11 is 1.42. The van der Waals surface area contributed by atoms with Gasteiger partial charge in [-0.3, -0.25) is 9.59 Å². The molecule has 0 atom stereocenters. The van der Waals surface area contributed by atoms with Gasteiger partial charge in [-0.25, -0.2) is 4.98 Å². The highest BCUT2D eigenvalue weighted by molar-refractivity contribution is 7.13. The Labute approximate surface area is 122 Å². The maximum Gasteiger partial charge on any atom is 0.305 e. The van der Waals surface area contributed by atoms with E-state index in [-0.39, 0.29) is 18.4 Å². The minimum Gasteiger partial charge on any atom is -0.469 e. The maximum atomic E-state index is 11.5. The number of ether oxygens (including phenoxy) is 1. The molecule has 0 unspecified atom stereocenters. The summed E-state index contributed by atoms with van der Waals surface area (Å²) in [4.78, 5) is 26.8. The summed E-state index contributed by atoms with van der Waals surface area (Å²) in [6, 6.07) is 0. The van der Waals surface area contributed by atoms with Crippen LogP contribution in [0.1, 0.15) is 26.0 Å². The van der Waals surface area contributed by atoms with E-state index in [1.165, 1.54) is 18.4 Å². The second-order valence-electron chi connectivity index (χ2n) is 4.77. The third-order valence-electron chi connectivity index (χ3n) is 2.47. The first-order valence-electron chi connectivity index (χ1n) is 6.53. The number of carbonyl (C=O) groups excluding carboxylic acids is 2. The van der Waals surface area contributed by atoms with Gasteiger partial charge in [0.25, 0.3) is 0 Å². The normalized spacial score (nSPS) is 10.4. The van der Waals surface area contributed by atoms with Crippen molar-refractivity contribution in [3.05, 3.63) is 11.1 Å². The van der Waals surface area contributed by atoms with Crippen molar-refractivity contribution in [2.24, 2.45) is 5.92 Å². The number of hydrogen-bond acceptors (Lipinski definition) is 6. The van der Waals surface area contributed by atoms with Gasteiger partial charge in [-0.05, 0) is 5.92 Å². The summed E-state index contributed by atoms with van der Waals surface area (Å²) in [5, 5.41) is 8.35. The second-order valence-corrected chi connectivity index (χ2v) is 5.63. The molecule has 0 aromatic carbocycles. The van der Waals surface area contributed by atoms with Crippen LogP contribution in [0.15, 0.2) is 5.38 Å². The molecule has 2 N–H and O–H groups in total. The lowest BCUT2D eigenvalue weighted by atomic mass is 10.2. The molecule has 0 aliphatic rings. The zero-order valence-corrected chi connectivity index (χ0v) is 12.9. The van der Waals surface area contributed by atoms with E-state index in [1.54, 1.807) is 0 Å². The number of nitrogens with one attached hydrogen (secondary N) is 2. The van der Waals surface area contributed by atoms with Crippen LogP contribution in [0.2, 0.25) is 0 Å². The third-order valence-corrected chi connectivity index (χ3v) is 3.32. The molecule has 0 aliphatic carbocycles. The fourth-order valence-corrected chi connectivity index (χ4v) is 2.12. The van der Waals surface area contributed by atoms with Crippen molar-refractivity contribution in [2.75, 3.05) is 25.5 Å². The molecular formula is C13H21N3O3S. The molecule has 6 nitrogen and oxygen atoms in total. The number of nitrogens with zero attached hydrogens (tertiary/aromatic N) is 1. The summed E-state index contributed by atoms with van der Waals surface area (Å²) in [7, 11) is 1.37. The fourth-order valence-electron chi connectivity index (χ4n) is 1.37. The number of hydrogen-bond donors (Lipinski definition) is 2. The van der Waals surface area contributed by atoms with Gasteiger partial charge in [0.2, 0.25) is 5.91 Å². The van der Waals surface area contributed by atoms with Crippen molar-refractivity contribution >= 4 is 28.3 Å². The van der Waals surface area contributed by atoms with Crippen LogP contribution in [-0.2, 0) is 20.7 Å². The van der Waals surface area contributed by atoms with Crippen LogP contribution in [0.5, 0.6) is 0 Å². The summed E-state index contributed by atoms with van der Waals surface area (Å²) < 4.78 is 4.57. The third kappa shape index (κ3) is 6.51. The first-order valence-corrected chi connectivity index (χ1v) is 7.41. The second kappa shape index (κ2) is 8.52. The summed E-state index contributed by atoms with van der Waals surface area (Å²) in [5.74, 6) is 0.134. The molecule has 0 aliphatic heterocycles. The zero-order chi connectivity index (χ0) is 15.0. The van der Waals surface area contributed by atoms with Gasteiger partial charge in [0, 0.05) is 18.3 Å². The molecule has 0 bridgehead atoms. The van der Waals surface area contributed by atoms with Crippen molar-refractivity contribution in [3.8, 4) is 0 Å². The number of anilines is 1. The first kappa shape index (κ1) is 16.4. The SMILES string of the molecule is COC(=O)CCc1csc(NCC(=O)NCC(C)C)n1. The predicted octanol–water partition coefficient (Wildman–Crippen LogP) is 1.43. The van der Waals surface area contributed by atoms with Crippen molar-refractivity contribution < 1.29 is 14.3 Å². The van der Waals surface area contributed by atoms with Gasteiger partial charge in [0.05, 0.1) is 25.8 Å². The Kier molecular flexibility index (Phi) is 7.00. The van der Waals surface area contributed by atoms with Gasteiger partial charge in [0.15, 0.2) is 5.13 Å². The van der Waals surface area contributed by atoms with Gasteiger partial charge in [-0.1, -0.05) is 13.8 Å². The van der Waals surface area contributed by atoms with E-state index in [4.69, 9.17) is 0 Å². The van der Waals surface area contributed by atoms with Gasteiger partial charge < -0.3 is 15.4 Å². The molecule has 1 heterocycles. The Morgan fingerprint density at radius 2 is 2.20 bits per heavy atom. The number of aromatic nitrogens is 1.